The first-order valence-corrected chi connectivity index (χ1v) is 20.4. The number of piperidine rings is 1. The van der Waals surface area contributed by atoms with Crippen LogP contribution < -0.4 is 5.32 Å². The number of ether oxygens (including phenoxy) is 1. The van der Waals surface area contributed by atoms with Crippen LogP contribution in [-0.4, -0.2) is 93.6 Å². The number of ketones is 1. The van der Waals surface area contributed by atoms with Gasteiger partial charge < -0.3 is 25.2 Å². The van der Waals surface area contributed by atoms with Crippen LogP contribution in [0.4, 0.5) is 0 Å². The summed E-state index contributed by atoms with van der Waals surface area (Å²) >= 11 is 1.39. The van der Waals surface area contributed by atoms with Crippen molar-refractivity contribution in [3.63, 3.8) is 0 Å². The minimum absolute atomic E-state index is 0.0237. The Hall–Kier alpha value is -3.35. The van der Waals surface area contributed by atoms with Crippen LogP contribution in [-0.2, 0) is 25.5 Å². The van der Waals surface area contributed by atoms with Gasteiger partial charge in [-0.2, -0.15) is 0 Å². The zero-order valence-corrected chi connectivity index (χ0v) is 34.0. The van der Waals surface area contributed by atoms with Crippen LogP contribution in [0.15, 0.2) is 29.6 Å². The summed E-state index contributed by atoms with van der Waals surface area (Å²) in [5.74, 6) is -2.18. The van der Waals surface area contributed by atoms with E-state index in [1.165, 1.54) is 11.3 Å². The number of thiazole rings is 1. The molecule has 2 amide bonds. The Kier molecular flexibility index (Phi) is 17.9. The molecule has 0 spiro atoms. The van der Waals surface area contributed by atoms with E-state index in [1.54, 1.807) is 36.6 Å². The molecule has 1 aliphatic heterocycles. The van der Waals surface area contributed by atoms with E-state index in [9.17, 15) is 29.4 Å². The lowest BCUT2D eigenvalue weighted by molar-refractivity contribution is -0.150. The fraction of sp³-hybridized carbons (Fsp3) is 0.683. The van der Waals surface area contributed by atoms with Gasteiger partial charge >= 0.3 is 5.97 Å². The number of phenols is 1. The number of hydrogen-bond donors (Lipinski definition) is 3. The third kappa shape index (κ3) is 13.2. The lowest BCUT2D eigenvalue weighted by Gasteiger charge is -2.39. The first kappa shape index (κ1) is 44.0. The summed E-state index contributed by atoms with van der Waals surface area (Å²) in [6.07, 6.45) is 6.00. The lowest BCUT2D eigenvalue weighted by Crippen LogP contribution is -2.50. The van der Waals surface area contributed by atoms with Crippen LogP contribution >= 0.6 is 11.3 Å². The van der Waals surface area contributed by atoms with Crippen molar-refractivity contribution in [2.24, 2.45) is 23.7 Å². The fourth-order valence-electron chi connectivity index (χ4n) is 7.23. The monoisotopic (exact) mass is 756 g/mol. The maximum absolute atomic E-state index is 14.6. The molecule has 7 atom stereocenters. The van der Waals surface area contributed by atoms with Gasteiger partial charge in [-0.15, -0.1) is 11.3 Å². The number of aromatic hydroxyl groups is 1. The van der Waals surface area contributed by atoms with Gasteiger partial charge in [0.25, 0.3) is 5.91 Å². The number of phenolic OH excluding ortho intramolecular Hbond substituents is 1. The number of rotatable bonds is 22. The molecule has 2 heterocycles. The van der Waals surface area contributed by atoms with Crippen LogP contribution in [0.3, 0.4) is 0 Å². The summed E-state index contributed by atoms with van der Waals surface area (Å²) in [5, 5.41) is 24.7. The maximum atomic E-state index is 14.6. The molecule has 0 saturated carbocycles. The van der Waals surface area contributed by atoms with Crippen molar-refractivity contribution in [3.8, 4) is 5.75 Å². The normalized spacial score (nSPS) is 18.5. The number of aliphatic carboxylic acids is 1. The summed E-state index contributed by atoms with van der Waals surface area (Å²) in [7, 11) is 2.01. The molecule has 11 nitrogen and oxygen atoms in total. The van der Waals surface area contributed by atoms with Crippen LogP contribution in [0.2, 0.25) is 0 Å². The van der Waals surface area contributed by atoms with Gasteiger partial charge in [0.15, 0.2) is 5.78 Å². The molecule has 0 radical (unpaired) electrons. The van der Waals surface area contributed by atoms with E-state index in [4.69, 9.17) is 9.72 Å². The van der Waals surface area contributed by atoms with Gasteiger partial charge in [-0.25, -0.2) is 4.98 Å². The molecule has 3 rings (SSSR count). The number of aromatic nitrogens is 1. The van der Waals surface area contributed by atoms with Crippen molar-refractivity contribution in [2.75, 3.05) is 26.9 Å². The molecule has 3 N–H and O–H groups in total. The highest BCUT2D eigenvalue weighted by atomic mass is 32.1. The van der Waals surface area contributed by atoms with Crippen molar-refractivity contribution < 1.29 is 34.1 Å². The number of carboxylic acid groups (broad SMARTS) is 1. The number of hydrogen-bond acceptors (Lipinski definition) is 9. The number of carboxylic acids is 1. The van der Waals surface area contributed by atoms with Crippen LogP contribution in [0.1, 0.15) is 127 Å². The molecule has 0 aliphatic carbocycles. The number of amides is 2. The minimum Gasteiger partial charge on any atom is -0.508 e. The molecule has 0 bridgehead atoms. The SMILES string of the molecule is CCCOCN(C(=O)[C@@H](CC(=O)[C@H]1CCCCN1C)C(C)CC)C(C[C@@H](C)c1nc(C(=O)N[C@@H](Cc2ccc(O)cc2)C[C@H](C)C(=O)O)cs1)C(C)C. The first-order valence-electron chi connectivity index (χ1n) is 19.5. The van der Waals surface area contributed by atoms with Gasteiger partial charge in [-0.05, 0) is 81.6 Å². The van der Waals surface area contributed by atoms with E-state index in [2.05, 4.69) is 44.8 Å². The number of likely N-dealkylation sites (N-methyl/N-ethyl adjacent to an activating group) is 1. The number of nitrogens with zero attached hydrogens (tertiary/aromatic N) is 3. The summed E-state index contributed by atoms with van der Waals surface area (Å²) in [4.78, 5) is 62.2. The fourth-order valence-corrected chi connectivity index (χ4v) is 8.10. The van der Waals surface area contributed by atoms with Gasteiger partial charge in [-0.3, -0.25) is 24.1 Å². The Morgan fingerprint density at radius 3 is 2.36 bits per heavy atom. The van der Waals surface area contributed by atoms with Crippen LogP contribution in [0.25, 0.3) is 0 Å². The Morgan fingerprint density at radius 2 is 1.75 bits per heavy atom. The maximum Gasteiger partial charge on any atom is 0.306 e. The number of Topliss-reactive ketones (excluding diaryl/α,β-unsaturated/α-hetero) is 1. The largest absolute Gasteiger partial charge is 0.508 e. The highest BCUT2D eigenvalue weighted by Crippen LogP contribution is 2.32. The third-order valence-electron chi connectivity index (χ3n) is 10.8. The number of nitrogens with one attached hydrogen (secondary N) is 1. The molecule has 296 valence electrons. The van der Waals surface area contributed by atoms with E-state index < -0.39 is 23.8 Å². The van der Waals surface area contributed by atoms with Gasteiger partial charge in [0, 0.05) is 42.3 Å². The van der Waals surface area contributed by atoms with Crippen LogP contribution in [0.5, 0.6) is 5.75 Å². The minimum atomic E-state index is -0.939. The van der Waals surface area contributed by atoms with E-state index in [-0.39, 0.29) is 78.5 Å². The molecule has 1 fully saturated rings. The highest BCUT2D eigenvalue weighted by Gasteiger charge is 2.38. The second-order valence-electron chi connectivity index (χ2n) is 15.5. The van der Waals surface area contributed by atoms with Gasteiger partial charge in [-0.1, -0.05) is 73.4 Å². The van der Waals surface area contributed by atoms with Gasteiger partial charge in [0.1, 0.15) is 18.2 Å². The van der Waals surface area contributed by atoms with E-state index in [0.29, 0.717) is 19.4 Å². The smallest absolute Gasteiger partial charge is 0.306 e. The van der Waals surface area contributed by atoms with Crippen molar-refractivity contribution in [1.29, 1.82) is 0 Å². The van der Waals surface area contributed by atoms with E-state index in [0.717, 1.165) is 49.2 Å². The third-order valence-corrected chi connectivity index (χ3v) is 11.9. The first-order chi connectivity index (χ1) is 25.2. The molecule has 1 saturated heterocycles. The average Bonchev–Trinajstić information content (AvgIpc) is 3.63. The number of carbonyl (C=O) groups is 4. The molecule has 2 aromatic rings. The second kappa shape index (κ2) is 21.5. The van der Waals surface area contributed by atoms with Crippen molar-refractivity contribution in [2.45, 2.75) is 130 Å². The molecule has 1 aromatic heterocycles. The topological polar surface area (TPSA) is 149 Å². The standard InChI is InChI=1S/C41H64N4O7S/c1-9-19-52-25-45(40(49)33(27(5)10-2)23-37(47)35-13-11-12-18-44(35)8)36(26(3)4)21-28(6)39-43-34(24-53-39)38(48)42-31(20-29(7)41(50)51)22-30-14-16-32(46)17-15-30/h14-17,24,26-29,31,33,35-36,46H,9-13,18-23,25H2,1-8H3,(H,42,48)(H,50,51)/t27?,28-,29+,31-,33+,35-,36?/m1/s1. The number of likely N-dealkylation sites (tertiary alicyclic amines) is 1. The van der Waals surface area contributed by atoms with Crippen LogP contribution in [0, 0.1) is 23.7 Å². The Labute approximate surface area is 320 Å². The number of carbonyl (C=O) groups excluding carboxylic acids is 3. The van der Waals surface area contributed by atoms with E-state index in [1.807, 2.05) is 18.9 Å². The molecular formula is C41H64N4O7S. The molecule has 12 heteroatoms. The quantitative estimate of drug-likeness (QED) is 0.0842. The number of benzene rings is 1. The second-order valence-corrected chi connectivity index (χ2v) is 16.4. The summed E-state index contributed by atoms with van der Waals surface area (Å²) in [6, 6.07) is 5.85. The molecule has 1 aliphatic rings. The molecule has 1 aromatic carbocycles. The van der Waals surface area contributed by atoms with Crippen molar-refractivity contribution >= 4 is 34.9 Å². The van der Waals surface area contributed by atoms with E-state index >= 15 is 0 Å². The molecule has 2 unspecified atom stereocenters. The van der Waals surface area contributed by atoms with Crippen molar-refractivity contribution in [1.82, 2.24) is 20.1 Å². The van der Waals surface area contributed by atoms with Crippen molar-refractivity contribution in [3.05, 3.63) is 45.9 Å². The zero-order chi connectivity index (χ0) is 39.2. The summed E-state index contributed by atoms with van der Waals surface area (Å²) in [6.45, 7) is 15.6. The van der Waals surface area contributed by atoms with Gasteiger partial charge in [0.2, 0.25) is 5.91 Å². The Morgan fingerprint density at radius 1 is 1.06 bits per heavy atom. The summed E-state index contributed by atoms with van der Waals surface area (Å²) < 4.78 is 6.05. The molecule has 53 heavy (non-hydrogen) atoms. The lowest BCUT2D eigenvalue weighted by atomic mass is 9.82. The zero-order valence-electron chi connectivity index (χ0n) is 33.2. The Balaban J connectivity index is 1.81. The van der Waals surface area contributed by atoms with Gasteiger partial charge in [0.05, 0.1) is 17.0 Å². The predicted molar refractivity (Wildman–Crippen MR) is 209 cm³/mol. The average molecular weight is 757 g/mol. The predicted octanol–water partition coefficient (Wildman–Crippen LogP) is 7.14. The molecular weight excluding hydrogens is 693 g/mol. The summed E-state index contributed by atoms with van der Waals surface area (Å²) in [5.41, 5.74) is 1.13. The highest BCUT2D eigenvalue weighted by molar-refractivity contribution is 7.09. The Bertz CT molecular complexity index is 1460.